The lowest BCUT2D eigenvalue weighted by Gasteiger charge is -2.21. The predicted octanol–water partition coefficient (Wildman–Crippen LogP) is 1.57. The van der Waals surface area contributed by atoms with Crippen molar-refractivity contribution < 1.29 is 9.21 Å². The van der Waals surface area contributed by atoms with Crippen LogP contribution in [0.25, 0.3) is 11.5 Å². The third kappa shape index (κ3) is 2.81. The first-order valence-corrected chi connectivity index (χ1v) is 7.84. The number of carbonyl (C=O) groups is 1. The zero-order chi connectivity index (χ0) is 16.4. The fraction of sp³-hybridized carbons (Fsp3) is 0.235. The Hall–Kier alpha value is -2.93. The molecule has 0 radical (unpaired) electrons. The molecule has 0 fully saturated rings. The molecule has 0 spiro atoms. The number of rotatable bonds is 4. The molecule has 1 aromatic carbocycles. The maximum absolute atomic E-state index is 12.4. The second-order valence-corrected chi connectivity index (χ2v) is 5.63. The summed E-state index contributed by atoms with van der Waals surface area (Å²) in [6, 6.07) is 9.22. The maximum atomic E-state index is 12.4. The first kappa shape index (κ1) is 14.6. The highest BCUT2D eigenvalue weighted by atomic mass is 16.3. The number of benzene rings is 1. The number of hydrogen-bond acceptors (Lipinski definition) is 5. The van der Waals surface area contributed by atoms with Crippen molar-refractivity contribution in [2.45, 2.75) is 19.0 Å². The summed E-state index contributed by atoms with van der Waals surface area (Å²) in [7, 11) is 0. The molecule has 3 aromatic rings. The molecule has 1 aliphatic heterocycles. The van der Waals surface area contributed by atoms with Crippen LogP contribution in [0.15, 0.2) is 47.3 Å². The van der Waals surface area contributed by atoms with Gasteiger partial charge in [-0.3, -0.25) is 4.79 Å². The van der Waals surface area contributed by atoms with Gasteiger partial charge in [0.05, 0.1) is 24.3 Å². The molecule has 1 amide bonds. The van der Waals surface area contributed by atoms with E-state index in [-0.39, 0.29) is 5.91 Å². The van der Waals surface area contributed by atoms with Crippen molar-refractivity contribution in [1.29, 1.82) is 0 Å². The van der Waals surface area contributed by atoms with Crippen LogP contribution in [0.3, 0.4) is 0 Å². The minimum atomic E-state index is -0.430. The fourth-order valence-electron chi connectivity index (χ4n) is 2.82. The summed E-state index contributed by atoms with van der Waals surface area (Å²) in [5, 5.41) is 6.08. The molecular weight excluding hydrogens is 306 g/mol. The number of amides is 1. The van der Waals surface area contributed by atoms with Crippen LogP contribution in [0.2, 0.25) is 0 Å². The predicted molar refractivity (Wildman–Crippen MR) is 86.8 cm³/mol. The van der Waals surface area contributed by atoms with Crippen molar-refractivity contribution in [3.05, 3.63) is 60.0 Å². The van der Waals surface area contributed by atoms with E-state index in [4.69, 9.17) is 4.42 Å². The van der Waals surface area contributed by atoms with Crippen LogP contribution < -0.4 is 10.6 Å². The van der Waals surface area contributed by atoms with Crippen molar-refractivity contribution in [3.63, 3.8) is 0 Å². The molecule has 4 rings (SSSR count). The van der Waals surface area contributed by atoms with Gasteiger partial charge >= 0.3 is 0 Å². The van der Waals surface area contributed by atoms with Gasteiger partial charge in [0.25, 0.3) is 0 Å². The summed E-state index contributed by atoms with van der Waals surface area (Å²) >= 11 is 0. The Morgan fingerprint density at radius 2 is 2.21 bits per heavy atom. The van der Waals surface area contributed by atoms with Crippen LogP contribution >= 0.6 is 0 Å². The number of H-pyrrole nitrogens is 1. The minimum Gasteiger partial charge on any atom is -0.444 e. The Bertz CT molecular complexity index is 840. The highest BCUT2D eigenvalue weighted by Gasteiger charge is 2.28. The number of aromatic amines is 1. The normalized spacial score (nSPS) is 16.6. The number of fused-ring (bicyclic) bond motifs is 1. The largest absolute Gasteiger partial charge is 0.444 e. The number of oxazole rings is 1. The van der Waals surface area contributed by atoms with Gasteiger partial charge in [-0.2, -0.15) is 0 Å². The van der Waals surface area contributed by atoms with E-state index < -0.39 is 6.04 Å². The number of nitrogens with zero attached hydrogens (tertiary/aromatic N) is 2. The lowest BCUT2D eigenvalue weighted by atomic mass is 10.1. The van der Waals surface area contributed by atoms with Gasteiger partial charge in [0.1, 0.15) is 12.3 Å². The summed E-state index contributed by atoms with van der Waals surface area (Å²) in [4.78, 5) is 24.2. The number of hydrogen-bond donors (Lipinski definition) is 3. The summed E-state index contributed by atoms with van der Waals surface area (Å²) < 4.78 is 5.48. The second-order valence-electron chi connectivity index (χ2n) is 5.63. The van der Waals surface area contributed by atoms with Gasteiger partial charge in [-0.1, -0.05) is 18.2 Å². The van der Waals surface area contributed by atoms with E-state index in [1.165, 1.54) is 0 Å². The van der Waals surface area contributed by atoms with Crippen molar-refractivity contribution in [2.75, 3.05) is 6.54 Å². The Morgan fingerprint density at radius 1 is 1.33 bits per heavy atom. The van der Waals surface area contributed by atoms with E-state index in [2.05, 4.69) is 25.6 Å². The molecule has 1 unspecified atom stereocenters. The molecule has 3 heterocycles. The van der Waals surface area contributed by atoms with Crippen LogP contribution in [0.4, 0.5) is 0 Å². The topological polar surface area (TPSA) is 95.8 Å². The molecule has 122 valence electrons. The summed E-state index contributed by atoms with van der Waals surface area (Å²) in [5.74, 6) is 0.428. The number of aromatic nitrogens is 3. The zero-order valence-corrected chi connectivity index (χ0v) is 13.0. The molecule has 0 saturated heterocycles. The van der Waals surface area contributed by atoms with Gasteiger partial charge in [-0.15, -0.1) is 0 Å². The molecule has 0 saturated carbocycles. The third-order valence-corrected chi connectivity index (χ3v) is 4.03. The molecule has 0 aliphatic carbocycles. The van der Waals surface area contributed by atoms with Crippen LogP contribution in [-0.4, -0.2) is 27.4 Å². The molecule has 0 bridgehead atoms. The third-order valence-electron chi connectivity index (χ3n) is 4.03. The SMILES string of the molecule is O=C(NCc1coc(-c2ccccc2)n1)C1NCCc2[nH]cnc21. The maximum Gasteiger partial charge on any atom is 0.243 e. The standard InChI is InChI=1S/C17H17N5O2/c23-16(15-14-13(6-7-18-15)20-10-21-14)19-8-12-9-24-17(22-12)11-4-2-1-3-5-11/h1-5,9-10,15,18H,6-8H2,(H,19,23)(H,20,21). The van der Waals surface area contributed by atoms with Crippen molar-refractivity contribution in [2.24, 2.45) is 0 Å². The van der Waals surface area contributed by atoms with Crippen molar-refractivity contribution in [1.82, 2.24) is 25.6 Å². The van der Waals surface area contributed by atoms with Crippen LogP contribution in [0.5, 0.6) is 0 Å². The molecule has 1 atom stereocenters. The first-order valence-electron chi connectivity index (χ1n) is 7.84. The Kier molecular flexibility index (Phi) is 3.84. The minimum absolute atomic E-state index is 0.118. The fourth-order valence-corrected chi connectivity index (χ4v) is 2.82. The van der Waals surface area contributed by atoms with Crippen molar-refractivity contribution >= 4 is 5.91 Å². The highest BCUT2D eigenvalue weighted by Crippen LogP contribution is 2.20. The van der Waals surface area contributed by atoms with Gasteiger partial charge in [-0.05, 0) is 12.1 Å². The Labute approximate surface area is 138 Å². The summed E-state index contributed by atoms with van der Waals surface area (Å²) in [6.45, 7) is 1.06. The summed E-state index contributed by atoms with van der Waals surface area (Å²) in [5.41, 5.74) is 3.37. The van der Waals surface area contributed by atoms with Gasteiger partial charge < -0.3 is 20.0 Å². The molecular formula is C17H17N5O2. The van der Waals surface area contributed by atoms with E-state index >= 15 is 0 Å². The monoisotopic (exact) mass is 323 g/mol. The zero-order valence-electron chi connectivity index (χ0n) is 13.0. The van der Waals surface area contributed by atoms with Crippen LogP contribution in [-0.2, 0) is 17.8 Å². The molecule has 7 nitrogen and oxygen atoms in total. The van der Waals surface area contributed by atoms with E-state index in [0.29, 0.717) is 18.1 Å². The average molecular weight is 323 g/mol. The quantitative estimate of drug-likeness (QED) is 0.677. The van der Waals surface area contributed by atoms with Crippen molar-refractivity contribution in [3.8, 4) is 11.5 Å². The second kappa shape index (κ2) is 6.29. The number of nitrogens with one attached hydrogen (secondary N) is 3. The van der Waals surface area contributed by atoms with Gasteiger partial charge in [0.15, 0.2) is 0 Å². The molecule has 3 N–H and O–H groups in total. The van der Waals surface area contributed by atoms with Gasteiger partial charge in [0, 0.05) is 24.2 Å². The molecule has 2 aromatic heterocycles. The van der Waals surface area contributed by atoms with E-state index in [9.17, 15) is 4.79 Å². The number of carbonyl (C=O) groups excluding carboxylic acids is 1. The van der Waals surface area contributed by atoms with Crippen LogP contribution in [0.1, 0.15) is 23.1 Å². The van der Waals surface area contributed by atoms with E-state index in [1.807, 2.05) is 30.3 Å². The van der Waals surface area contributed by atoms with E-state index in [0.717, 1.165) is 29.9 Å². The highest BCUT2D eigenvalue weighted by molar-refractivity contribution is 5.83. The average Bonchev–Trinajstić information content (AvgIpc) is 3.29. The Morgan fingerprint density at radius 3 is 3.08 bits per heavy atom. The lowest BCUT2D eigenvalue weighted by molar-refractivity contribution is -0.123. The van der Waals surface area contributed by atoms with E-state index in [1.54, 1.807) is 12.6 Å². The Balaban J connectivity index is 1.41. The lowest BCUT2D eigenvalue weighted by Crippen LogP contribution is -2.41. The van der Waals surface area contributed by atoms with Crippen LogP contribution in [0, 0.1) is 0 Å². The molecule has 7 heteroatoms. The summed E-state index contributed by atoms with van der Waals surface area (Å²) in [6.07, 6.45) is 4.04. The smallest absolute Gasteiger partial charge is 0.243 e. The van der Waals surface area contributed by atoms with Gasteiger partial charge in [0.2, 0.25) is 11.8 Å². The molecule has 24 heavy (non-hydrogen) atoms. The molecule has 1 aliphatic rings. The van der Waals surface area contributed by atoms with Gasteiger partial charge in [-0.25, -0.2) is 9.97 Å². The first-order chi connectivity index (χ1) is 11.8. The number of imidazole rings is 1.